The first-order valence-electron chi connectivity index (χ1n) is 11.4. The highest BCUT2D eigenvalue weighted by Gasteiger charge is 2.26. The van der Waals surface area contributed by atoms with Crippen molar-refractivity contribution < 1.29 is 19.1 Å². The van der Waals surface area contributed by atoms with Crippen LogP contribution in [0.2, 0.25) is 0 Å². The van der Waals surface area contributed by atoms with E-state index in [1.54, 1.807) is 11.8 Å². The molecule has 32 heavy (non-hydrogen) atoms. The number of hydrogen-bond donors (Lipinski definition) is 1. The molecule has 1 atom stereocenters. The van der Waals surface area contributed by atoms with Crippen molar-refractivity contribution in [2.75, 3.05) is 13.2 Å². The lowest BCUT2D eigenvalue weighted by Crippen LogP contribution is -2.49. The van der Waals surface area contributed by atoms with Gasteiger partial charge in [0.05, 0.1) is 13.2 Å². The van der Waals surface area contributed by atoms with Crippen LogP contribution in [0.25, 0.3) is 0 Å². The van der Waals surface area contributed by atoms with Gasteiger partial charge in [-0.05, 0) is 64.3 Å². The van der Waals surface area contributed by atoms with E-state index in [0.29, 0.717) is 44.1 Å². The molecule has 0 aliphatic carbocycles. The van der Waals surface area contributed by atoms with Gasteiger partial charge in [0.2, 0.25) is 11.8 Å². The van der Waals surface area contributed by atoms with Crippen LogP contribution in [-0.4, -0.2) is 42.0 Å². The predicted octanol–water partition coefficient (Wildman–Crippen LogP) is 4.36. The molecule has 2 rings (SSSR count). The molecule has 0 radical (unpaired) electrons. The third kappa shape index (κ3) is 7.59. The van der Waals surface area contributed by atoms with Gasteiger partial charge in [-0.15, -0.1) is 0 Å². The Balaban J connectivity index is 2.15. The van der Waals surface area contributed by atoms with Crippen molar-refractivity contribution in [3.63, 3.8) is 0 Å². The smallest absolute Gasteiger partial charge is 0.242 e. The van der Waals surface area contributed by atoms with Gasteiger partial charge < -0.3 is 19.7 Å². The molecular weight excluding hydrogens is 404 g/mol. The van der Waals surface area contributed by atoms with E-state index in [2.05, 4.69) is 5.32 Å². The summed E-state index contributed by atoms with van der Waals surface area (Å²) in [5, 5.41) is 2.91. The minimum Gasteiger partial charge on any atom is -0.490 e. The van der Waals surface area contributed by atoms with E-state index in [0.717, 1.165) is 11.1 Å². The van der Waals surface area contributed by atoms with Gasteiger partial charge in [-0.25, -0.2) is 0 Å². The van der Waals surface area contributed by atoms with Crippen molar-refractivity contribution in [2.45, 2.75) is 66.1 Å². The summed E-state index contributed by atoms with van der Waals surface area (Å²) in [6.45, 7) is 10.9. The molecule has 2 aromatic rings. The topological polar surface area (TPSA) is 67.9 Å². The Labute approximate surface area is 191 Å². The van der Waals surface area contributed by atoms with E-state index in [-0.39, 0.29) is 17.9 Å². The number of hydrogen-bond acceptors (Lipinski definition) is 4. The van der Waals surface area contributed by atoms with Crippen molar-refractivity contribution in [3.8, 4) is 11.5 Å². The van der Waals surface area contributed by atoms with Gasteiger partial charge in [0.15, 0.2) is 11.5 Å². The lowest BCUT2D eigenvalue weighted by molar-refractivity contribution is -0.140. The molecule has 6 nitrogen and oxygen atoms in total. The zero-order chi connectivity index (χ0) is 23.5. The monoisotopic (exact) mass is 440 g/mol. The second kappa shape index (κ2) is 12.7. The summed E-state index contributed by atoms with van der Waals surface area (Å²) in [4.78, 5) is 27.5. The maximum atomic E-state index is 13.2. The fourth-order valence-electron chi connectivity index (χ4n) is 3.41. The average molecular weight is 441 g/mol. The Kier molecular flexibility index (Phi) is 10.1. The van der Waals surface area contributed by atoms with Crippen molar-refractivity contribution in [2.24, 2.45) is 0 Å². The van der Waals surface area contributed by atoms with Gasteiger partial charge >= 0.3 is 0 Å². The highest BCUT2D eigenvalue weighted by atomic mass is 16.5. The van der Waals surface area contributed by atoms with Crippen LogP contribution in [0.15, 0.2) is 48.5 Å². The molecule has 0 saturated carbocycles. The first kappa shape index (κ1) is 25.2. The van der Waals surface area contributed by atoms with Crippen molar-refractivity contribution in [3.05, 3.63) is 59.7 Å². The molecule has 2 aromatic carbocycles. The van der Waals surface area contributed by atoms with Crippen LogP contribution >= 0.6 is 0 Å². The zero-order valence-corrected chi connectivity index (χ0v) is 19.9. The number of aryl methyl sites for hydroxylation is 1. The number of carbonyl (C=O) groups excluding carboxylic acids is 2. The molecule has 0 spiro atoms. The third-order valence-corrected chi connectivity index (χ3v) is 5.03. The number of nitrogens with zero attached hydrogens (tertiary/aromatic N) is 1. The molecule has 0 aromatic heterocycles. The molecule has 0 fully saturated rings. The van der Waals surface area contributed by atoms with E-state index in [1.165, 1.54) is 0 Å². The number of benzene rings is 2. The summed E-state index contributed by atoms with van der Waals surface area (Å²) < 4.78 is 11.3. The molecule has 6 heteroatoms. The summed E-state index contributed by atoms with van der Waals surface area (Å²) in [7, 11) is 0. The first-order chi connectivity index (χ1) is 15.3. The predicted molar refractivity (Wildman–Crippen MR) is 127 cm³/mol. The fraction of sp³-hybridized carbons (Fsp3) is 0.462. The van der Waals surface area contributed by atoms with E-state index in [1.807, 2.05) is 76.2 Å². The molecule has 0 aliphatic rings. The van der Waals surface area contributed by atoms with Crippen molar-refractivity contribution in [1.29, 1.82) is 0 Å². The van der Waals surface area contributed by atoms with E-state index >= 15 is 0 Å². The molecule has 1 N–H and O–H groups in total. The molecule has 2 amide bonds. The summed E-state index contributed by atoms with van der Waals surface area (Å²) >= 11 is 0. The van der Waals surface area contributed by atoms with Crippen LogP contribution in [0.5, 0.6) is 11.5 Å². The summed E-state index contributed by atoms with van der Waals surface area (Å²) in [6.07, 6.45) is 0.848. The Bertz CT molecular complexity index is 867. The maximum Gasteiger partial charge on any atom is 0.242 e. The van der Waals surface area contributed by atoms with Crippen LogP contribution in [0.1, 0.15) is 52.2 Å². The first-order valence-corrected chi connectivity index (χ1v) is 11.4. The highest BCUT2D eigenvalue weighted by Crippen LogP contribution is 2.29. The number of amides is 2. The molecule has 0 saturated heterocycles. The fourth-order valence-corrected chi connectivity index (χ4v) is 3.41. The molecule has 0 heterocycles. The van der Waals surface area contributed by atoms with E-state index in [4.69, 9.17) is 9.47 Å². The van der Waals surface area contributed by atoms with Gasteiger partial charge in [-0.1, -0.05) is 36.4 Å². The van der Waals surface area contributed by atoms with Crippen molar-refractivity contribution in [1.82, 2.24) is 10.2 Å². The molecule has 174 valence electrons. The zero-order valence-electron chi connectivity index (χ0n) is 19.9. The number of rotatable bonds is 12. The minimum absolute atomic E-state index is 0.0134. The second-order valence-electron chi connectivity index (χ2n) is 7.99. The van der Waals surface area contributed by atoms with Crippen LogP contribution in [0, 0.1) is 0 Å². The summed E-state index contributed by atoms with van der Waals surface area (Å²) in [5.74, 6) is 1.18. The Morgan fingerprint density at radius 1 is 0.906 bits per heavy atom. The van der Waals surface area contributed by atoms with Gasteiger partial charge in [-0.2, -0.15) is 0 Å². The van der Waals surface area contributed by atoms with Crippen LogP contribution < -0.4 is 14.8 Å². The number of nitrogens with one attached hydrogen (secondary N) is 1. The lowest BCUT2D eigenvalue weighted by atomic mass is 10.1. The SMILES string of the molecule is CCOc1ccc(CCC(=O)N(Cc2ccccc2)C(C)C(=O)NC(C)C)cc1OCC. The van der Waals surface area contributed by atoms with Gasteiger partial charge in [0, 0.05) is 19.0 Å². The standard InChI is InChI=1S/C26H36N2O4/c1-6-31-23-15-13-21(17-24(23)32-7-2)14-16-25(29)28(18-22-11-9-8-10-12-22)20(5)26(30)27-19(3)4/h8-13,15,17,19-20H,6-7,14,16,18H2,1-5H3,(H,27,30). The molecule has 1 unspecified atom stereocenters. The van der Waals surface area contributed by atoms with Gasteiger partial charge in [0.1, 0.15) is 6.04 Å². The number of ether oxygens (including phenoxy) is 2. The van der Waals surface area contributed by atoms with Gasteiger partial charge in [0.25, 0.3) is 0 Å². The van der Waals surface area contributed by atoms with Gasteiger partial charge in [-0.3, -0.25) is 9.59 Å². The Morgan fingerprint density at radius 3 is 2.19 bits per heavy atom. The normalized spacial score (nSPS) is 11.7. The maximum absolute atomic E-state index is 13.2. The Hall–Kier alpha value is -3.02. The number of carbonyl (C=O) groups is 2. The lowest BCUT2D eigenvalue weighted by Gasteiger charge is -2.29. The third-order valence-electron chi connectivity index (χ3n) is 5.03. The molecular formula is C26H36N2O4. The second-order valence-corrected chi connectivity index (χ2v) is 7.99. The van der Waals surface area contributed by atoms with Crippen LogP contribution in [0.4, 0.5) is 0 Å². The quantitative estimate of drug-likeness (QED) is 0.533. The summed E-state index contributed by atoms with van der Waals surface area (Å²) in [5.41, 5.74) is 1.98. The van der Waals surface area contributed by atoms with Crippen molar-refractivity contribution >= 4 is 11.8 Å². The highest BCUT2D eigenvalue weighted by molar-refractivity contribution is 5.87. The van der Waals surface area contributed by atoms with Crippen LogP contribution in [-0.2, 0) is 22.6 Å². The van der Waals surface area contributed by atoms with E-state index in [9.17, 15) is 9.59 Å². The summed E-state index contributed by atoms with van der Waals surface area (Å²) in [6, 6.07) is 15.0. The van der Waals surface area contributed by atoms with Crippen LogP contribution in [0.3, 0.4) is 0 Å². The van der Waals surface area contributed by atoms with E-state index < -0.39 is 6.04 Å². The Morgan fingerprint density at radius 2 is 1.56 bits per heavy atom. The molecule has 0 aliphatic heterocycles. The average Bonchev–Trinajstić information content (AvgIpc) is 2.77. The minimum atomic E-state index is -0.565. The molecule has 0 bridgehead atoms. The largest absolute Gasteiger partial charge is 0.490 e.